The highest BCUT2D eigenvalue weighted by atomic mass is 15.1. The first-order valence-corrected chi connectivity index (χ1v) is 7.04. The topological polar surface area (TPSA) is 29.3 Å². The maximum Gasteiger partial charge on any atom is 0.0396 e. The highest BCUT2D eigenvalue weighted by Gasteiger charge is 2.14. The minimum Gasteiger partial charge on any atom is -0.399 e. The summed E-state index contributed by atoms with van der Waals surface area (Å²) in [6, 6.07) is 15.0. The molecule has 3 rings (SSSR count). The Morgan fingerprint density at radius 3 is 2.50 bits per heavy atom. The molecule has 102 valence electrons. The van der Waals surface area contributed by atoms with Crippen LogP contribution in [0.4, 0.5) is 5.69 Å². The van der Waals surface area contributed by atoms with Crippen LogP contribution in [0.15, 0.2) is 49.0 Å². The van der Waals surface area contributed by atoms with E-state index >= 15 is 0 Å². The fourth-order valence-electron chi connectivity index (χ4n) is 2.84. The van der Waals surface area contributed by atoms with Gasteiger partial charge in [0, 0.05) is 25.0 Å². The zero-order valence-electron chi connectivity index (χ0n) is 11.9. The summed E-state index contributed by atoms with van der Waals surface area (Å²) < 4.78 is 0. The number of nitrogens with zero attached hydrogens (tertiary/aromatic N) is 1. The summed E-state index contributed by atoms with van der Waals surface area (Å²) in [7, 11) is 2.17. The summed E-state index contributed by atoms with van der Waals surface area (Å²) in [6.45, 7) is 4.92. The molecule has 2 aromatic rings. The number of fused-ring (bicyclic) bond motifs is 1. The summed E-state index contributed by atoms with van der Waals surface area (Å²) in [6.07, 6.45) is 2.41. The van der Waals surface area contributed by atoms with Crippen LogP contribution in [0, 0.1) is 0 Å². The van der Waals surface area contributed by atoms with E-state index in [1.54, 1.807) is 0 Å². The monoisotopic (exact) mass is 264 g/mol. The molecular formula is C18H20N2. The fraction of sp³-hybridized carbons (Fsp3) is 0.222. The minimum atomic E-state index is 0.614. The molecule has 0 aromatic heterocycles. The van der Waals surface area contributed by atoms with Crippen molar-refractivity contribution in [1.82, 2.24) is 0 Å². The molecule has 1 aliphatic rings. The molecule has 2 heteroatoms. The van der Waals surface area contributed by atoms with Crippen LogP contribution in [0.3, 0.4) is 0 Å². The van der Waals surface area contributed by atoms with Crippen LogP contribution in [-0.2, 0) is 6.42 Å². The third-order valence-electron chi connectivity index (χ3n) is 4.02. The fourth-order valence-corrected chi connectivity index (χ4v) is 2.84. The van der Waals surface area contributed by atoms with Crippen molar-refractivity contribution >= 4 is 11.4 Å². The van der Waals surface area contributed by atoms with Crippen molar-refractivity contribution in [3.05, 3.63) is 60.2 Å². The number of aryl methyl sites for hydroxylation is 1. The average Bonchev–Trinajstić information content (AvgIpc) is 2.47. The van der Waals surface area contributed by atoms with Gasteiger partial charge in [-0.2, -0.15) is 0 Å². The lowest BCUT2D eigenvalue weighted by molar-refractivity contribution is 0.745. The Morgan fingerprint density at radius 1 is 1.10 bits per heavy atom. The average molecular weight is 264 g/mol. The normalized spacial score (nSPS) is 13.9. The highest BCUT2D eigenvalue weighted by Crippen LogP contribution is 2.31. The predicted octanol–water partition coefficient (Wildman–Crippen LogP) is 3.67. The van der Waals surface area contributed by atoms with Crippen LogP contribution in [0.25, 0.3) is 16.8 Å². The third-order valence-corrected chi connectivity index (χ3v) is 4.02. The molecule has 0 bridgehead atoms. The van der Waals surface area contributed by atoms with E-state index in [1.165, 1.54) is 35.2 Å². The summed E-state index contributed by atoms with van der Waals surface area (Å²) in [5.41, 5.74) is 12.6. The van der Waals surface area contributed by atoms with Gasteiger partial charge in [0.25, 0.3) is 0 Å². The van der Waals surface area contributed by atoms with Crippen LogP contribution in [0.1, 0.15) is 17.5 Å². The lowest BCUT2D eigenvalue weighted by Crippen LogP contribution is -2.24. The van der Waals surface area contributed by atoms with Crippen molar-refractivity contribution in [3.63, 3.8) is 0 Å². The minimum absolute atomic E-state index is 0.614. The molecule has 0 amide bonds. The first kappa shape index (κ1) is 12.8. The van der Waals surface area contributed by atoms with E-state index in [2.05, 4.69) is 48.9 Å². The predicted molar refractivity (Wildman–Crippen MR) is 86.7 cm³/mol. The SMILES string of the molecule is C=C(N)c1ccc(-c2ccc3c(c2)CCCN3C)cc1. The van der Waals surface area contributed by atoms with Gasteiger partial charge >= 0.3 is 0 Å². The van der Waals surface area contributed by atoms with Gasteiger partial charge in [0.05, 0.1) is 0 Å². The second-order valence-electron chi connectivity index (χ2n) is 5.47. The molecule has 2 N–H and O–H groups in total. The molecule has 0 radical (unpaired) electrons. The van der Waals surface area contributed by atoms with Crippen LogP contribution < -0.4 is 10.6 Å². The number of rotatable bonds is 2. The maximum atomic E-state index is 5.71. The molecule has 0 fully saturated rings. The Bertz CT molecular complexity index is 641. The first-order valence-electron chi connectivity index (χ1n) is 7.04. The summed E-state index contributed by atoms with van der Waals surface area (Å²) in [4.78, 5) is 2.34. The van der Waals surface area contributed by atoms with Gasteiger partial charge in [0.2, 0.25) is 0 Å². The maximum absolute atomic E-state index is 5.71. The molecule has 0 atom stereocenters. The molecule has 2 aromatic carbocycles. The summed E-state index contributed by atoms with van der Waals surface area (Å²) >= 11 is 0. The molecule has 0 unspecified atom stereocenters. The Hall–Kier alpha value is -2.22. The number of anilines is 1. The zero-order valence-corrected chi connectivity index (χ0v) is 11.9. The molecule has 0 spiro atoms. The molecule has 20 heavy (non-hydrogen) atoms. The van der Waals surface area contributed by atoms with Gasteiger partial charge in [-0.15, -0.1) is 0 Å². The first-order chi connectivity index (χ1) is 9.65. The highest BCUT2D eigenvalue weighted by molar-refractivity contribution is 5.71. The van der Waals surface area contributed by atoms with Crippen LogP contribution in [-0.4, -0.2) is 13.6 Å². The molecule has 0 saturated carbocycles. The second-order valence-corrected chi connectivity index (χ2v) is 5.47. The molecule has 1 heterocycles. The van der Waals surface area contributed by atoms with Crippen LogP contribution in [0.5, 0.6) is 0 Å². The Kier molecular flexibility index (Phi) is 3.23. The van der Waals surface area contributed by atoms with E-state index < -0.39 is 0 Å². The standard InChI is InChI=1S/C18H20N2/c1-13(19)14-5-7-15(8-6-14)16-9-10-18-17(12-16)4-3-11-20(18)2/h5-10,12H,1,3-4,11,19H2,2H3. The molecule has 2 nitrogen and oxygen atoms in total. The Balaban J connectivity index is 1.96. The van der Waals surface area contributed by atoms with Crippen molar-refractivity contribution < 1.29 is 0 Å². The smallest absolute Gasteiger partial charge is 0.0396 e. The number of nitrogens with two attached hydrogens (primary N) is 1. The van der Waals surface area contributed by atoms with Crippen molar-refractivity contribution in [1.29, 1.82) is 0 Å². The van der Waals surface area contributed by atoms with Crippen molar-refractivity contribution in [2.75, 3.05) is 18.5 Å². The molecular weight excluding hydrogens is 244 g/mol. The zero-order chi connectivity index (χ0) is 14.1. The number of hydrogen-bond acceptors (Lipinski definition) is 2. The van der Waals surface area contributed by atoms with E-state index in [-0.39, 0.29) is 0 Å². The van der Waals surface area contributed by atoms with Gasteiger partial charge in [-0.1, -0.05) is 36.9 Å². The van der Waals surface area contributed by atoms with Gasteiger partial charge in [-0.3, -0.25) is 0 Å². The molecule has 0 saturated heterocycles. The van der Waals surface area contributed by atoms with Crippen LogP contribution in [0.2, 0.25) is 0 Å². The van der Waals surface area contributed by atoms with Gasteiger partial charge < -0.3 is 10.6 Å². The van der Waals surface area contributed by atoms with Crippen molar-refractivity contribution in [3.8, 4) is 11.1 Å². The largest absolute Gasteiger partial charge is 0.399 e. The molecule has 0 aliphatic carbocycles. The second kappa shape index (κ2) is 5.04. The van der Waals surface area contributed by atoms with Crippen molar-refractivity contribution in [2.24, 2.45) is 5.73 Å². The van der Waals surface area contributed by atoms with E-state index in [4.69, 9.17) is 5.73 Å². The quantitative estimate of drug-likeness (QED) is 0.896. The van der Waals surface area contributed by atoms with Crippen molar-refractivity contribution in [2.45, 2.75) is 12.8 Å². The van der Waals surface area contributed by atoms with E-state index in [9.17, 15) is 0 Å². The Morgan fingerprint density at radius 2 is 1.80 bits per heavy atom. The molecule has 1 aliphatic heterocycles. The van der Waals surface area contributed by atoms with Gasteiger partial charge in [0.1, 0.15) is 0 Å². The summed E-state index contributed by atoms with van der Waals surface area (Å²) in [5, 5.41) is 0. The van der Waals surface area contributed by atoms with E-state index in [1.807, 2.05) is 12.1 Å². The van der Waals surface area contributed by atoms with Gasteiger partial charge in [-0.25, -0.2) is 0 Å². The summed E-state index contributed by atoms with van der Waals surface area (Å²) in [5.74, 6) is 0. The van der Waals surface area contributed by atoms with E-state index in [0.717, 1.165) is 12.1 Å². The van der Waals surface area contributed by atoms with Crippen LogP contribution >= 0.6 is 0 Å². The van der Waals surface area contributed by atoms with Gasteiger partial charge in [-0.05, 0) is 47.2 Å². The third kappa shape index (κ3) is 2.29. The lowest BCUT2D eigenvalue weighted by Gasteiger charge is -2.27. The Labute approximate surface area is 120 Å². The number of benzene rings is 2. The van der Waals surface area contributed by atoms with Gasteiger partial charge in [0.15, 0.2) is 0 Å². The lowest BCUT2D eigenvalue weighted by atomic mass is 9.96. The number of hydrogen-bond donors (Lipinski definition) is 1. The van der Waals surface area contributed by atoms with E-state index in [0.29, 0.717) is 5.70 Å².